The highest BCUT2D eigenvalue weighted by atomic mass is 15.3. The van der Waals surface area contributed by atoms with Crippen LogP contribution in [0.5, 0.6) is 0 Å². The number of hydrogen-bond acceptors (Lipinski definition) is 4. The number of H-pyrrole nitrogens is 1. The number of aromatic amines is 1. The summed E-state index contributed by atoms with van der Waals surface area (Å²) in [6.07, 6.45) is 10.9. The highest BCUT2D eigenvalue weighted by Gasteiger charge is 2.28. The molecule has 1 unspecified atom stereocenters. The Labute approximate surface area is 129 Å². The van der Waals surface area contributed by atoms with E-state index in [2.05, 4.69) is 48.6 Å². The normalized spacial score (nSPS) is 18.4. The number of anilines is 1. The molecule has 0 spiro atoms. The fraction of sp³-hybridized carbons (Fsp3) is 0.438. The van der Waals surface area contributed by atoms with Crippen LogP contribution in [-0.2, 0) is 13.0 Å². The van der Waals surface area contributed by atoms with Gasteiger partial charge < -0.3 is 14.5 Å². The largest absolute Gasteiger partial charge is 0.351 e. The maximum Gasteiger partial charge on any atom is 0.142 e. The van der Waals surface area contributed by atoms with Crippen molar-refractivity contribution in [2.75, 3.05) is 11.4 Å². The molecule has 1 saturated heterocycles. The lowest BCUT2D eigenvalue weighted by atomic mass is 10.2. The number of fused-ring (bicyclic) bond motifs is 1. The summed E-state index contributed by atoms with van der Waals surface area (Å²) in [6, 6.07) is 2.53. The van der Waals surface area contributed by atoms with Crippen molar-refractivity contribution in [2.24, 2.45) is 0 Å². The summed E-state index contributed by atoms with van der Waals surface area (Å²) in [4.78, 5) is 18.9. The SMILES string of the molecule is CCc1nccn1CC1CCCN1c1ncnc2[nH]ccc12. The molecule has 0 amide bonds. The Morgan fingerprint density at radius 3 is 3.18 bits per heavy atom. The number of imidazole rings is 1. The Morgan fingerprint density at radius 2 is 2.27 bits per heavy atom. The lowest BCUT2D eigenvalue weighted by molar-refractivity contribution is 0.533. The van der Waals surface area contributed by atoms with Gasteiger partial charge in [-0.05, 0) is 18.9 Å². The molecule has 6 nitrogen and oxygen atoms in total. The Bertz CT molecular complexity index is 774. The Kier molecular flexibility index (Phi) is 3.29. The van der Waals surface area contributed by atoms with Crippen LogP contribution in [0.4, 0.5) is 5.82 Å². The minimum Gasteiger partial charge on any atom is -0.351 e. The predicted molar refractivity (Wildman–Crippen MR) is 85.9 cm³/mol. The second-order valence-electron chi connectivity index (χ2n) is 5.78. The van der Waals surface area contributed by atoms with E-state index in [0.717, 1.165) is 42.2 Å². The molecule has 0 aromatic carbocycles. The number of hydrogen-bond donors (Lipinski definition) is 1. The zero-order valence-electron chi connectivity index (χ0n) is 12.7. The summed E-state index contributed by atoms with van der Waals surface area (Å²) in [7, 11) is 0. The van der Waals surface area contributed by atoms with Gasteiger partial charge in [-0.2, -0.15) is 0 Å². The molecule has 1 fully saturated rings. The van der Waals surface area contributed by atoms with Crippen molar-refractivity contribution < 1.29 is 0 Å². The first-order valence-electron chi connectivity index (χ1n) is 7.91. The van der Waals surface area contributed by atoms with Crippen molar-refractivity contribution in [3.63, 3.8) is 0 Å². The maximum atomic E-state index is 4.55. The molecule has 0 bridgehead atoms. The molecular weight excluding hydrogens is 276 g/mol. The van der Waals surface area contributed by atoms with E-state index in [-0.39, 0.29) is 0 Å². The van der Waals surface area contributed by atoms with Gasteiger partial charge in [-0.3, -0.25) is 0 Å². The van der Waals surface area contributed by atoms with E-state index in [1.54, 1.807) is 6.33 Å². The van der Waals surface area contributed by atoms with Crippen molar-refractivity contribution in [2.45, 2.75) is 38.8 Å². The molecular formula is C16H20N6. The van der Waals surface area contributed by atoms with Crippen LogP contribution in [0, 0.1) is 0 Å². The fourth-order valence-corrected chi connectivity index (χ4v) is 3.44. The summed E-state index contributed by atoms with van der Waals surface area (Å²) in [6.45, 7) is 4.18. The number of aromatic nitrogens is 5. The fourth-order valence-electron chi connectivity index (χ4n) is 3.44. The molecule has 1 N–H and O–H groups in total. The van der Waals surface area contributed by atoms with Gasteiger partial charge in [-0.25, -0.2) is 15.0 Å². The lowest BCUT2D eigenvalue weighted by Crippen LogP contribution is -2.34. The van der Waals surface area contributed by atoms with Crippen molar-refractivity contribution >= 4 is 16.9 Å². The summed E-state index contributed by atoms with van der Waals surface area (Å²) < 4.78 is 2.28. The highest BCUT2D eigenvalue weighted by Crippen LogP contribution is 2.29. The standard InChI is InChI=1S/C16H20N6/c1-2-14-17-7-9-21(14)10-12-4-3-8-22(12)16-13-5-6-18-15(13)19-11-20-16/h5-7,9,11-12H,2-4,8,10H2,1H3,(H,18,19,20). The molecule has 114 valence electrons. The van der Waals surface area contributed by atoms with Crippen LogP contribution < -0.4 is 4.90 Å². The summed E-state index contributed by atoms with van der Waals surface area (Å²) in [5.74, 6) is 2.20. The van der Waals surface area contributed by atoms with Gasteiger partial charge in [0.15, 0.2) is 0 Å². The lowest BCUT2D eigenvalue weighted by Gasteiger charge is -2.27. The monoisotopic (exact) mass is 296 g/mol. The van der Waals surface area contributed by atoms with E-state index in [4.69, 9.17) is 0 Å². The summed E-state index contributed by atoms with van der Waals surface area (Å²) >= 11 is 0. The van der Waals surface area contributed by atoms with Gasteiger partial charge >= 0.3 is 0 Å². The topological polar surface area (TPSA) is 62.6 Å². The van der Waals surface area contributed by atoms with E-state index >= 15 is 0 Å². The average Bonchev–Trinajstić information content (AvgIpc) is 3.27. The van der Waals surface area contributed by atoms with Gasteiger partial charge in [-0.15, -0.1) is 0 Å². The van der Waals surface area contributed by atoms with E-state index in [1.807, 2.05) is 12.4 Å². The van der Waals surface area contributed by atoms with Crippen LogP contribution in [0.3, 0.4) is 0 Å². The van der Waals surface area contributed by atoms with Gasteiger partial charge in [0, 0.05) is 44.1 Å². The molecule has 1 aliphatic rings. The van der Waals surface area contributed by atoms with E-state index in [1.165, 1.54) is 12.8 Å². The van der Waals surface area contributed by atoms with Crippen LogP contribution in [0.25, 0.3) is 11.0 Å². The number of rotatable bonds is 4. The third-order valence-corrected chi connectivity index (χ3v) is 4.51. The molecule has 6 heteroatoms. The van der Waals surface area contributed by atoms with E-state index in [0.29, 0.717) is 6.04 Å². The average molecular weight is 296 g/mol. The molecule has 3 aromatic heterocycles. The highest BCUT2D eigenvalue weighted by molar-refractivity contribution is 5.87. The van der Waals surface area contributed by atoms with Crippen LogP contribution in [0.15, 0.2) is 31.0 Å². The molecule has 1 atom stereocenters. The minimum absolute atomic E-state index is 0.465. The Balaban J connectivity index is 1.65. The second kappa shape index (κ2) is 5.44. The quantitative estimate of drug-likeness (QED) is 0.803. The number of nitrogens with zero attached hydrogens (tertiary/aromatic N) is 5. The van der Waals surface area contributed by atoms with Gasteiger partial charge in [-0.1, -0.05) is 6.92 Å². The number of nitrogens with one attached hydrogen (secondary N) is 1. The predicted octanol–water partition coefficient (Wildman–Crippen LogP) is 2.39. The van der Waals surface area contributed by atoms with Gasteiger partial charge in [0.05, 0.1) is 5.39 Å². The van der Waals surface area contributed by atoms with Crippen molar-refractivity contribution in [3.8, 4) is 0 Å². The third-order valence-electron chi connectivity index (χ3n) is 4.51. The van der Waals surface area contributed by atoms with Gasteiger partial charge in [0.25, 0.3) is 0 Å². The first kappa shape index (κ1) is 13.3. The molecule has 0 saturated carbocycles. The maximum absolute atomic E-state index is 4.55. The molecule has 1 aliphatic heterocycles. The van der Waals surface area contributed by atoms with Crippen LogP contribution in [0.2, 0.25) is 0 Å². The van der Waals surface area contributed by atoms with E-state index in [9.17, 15) is 0 Å². The summed E-state index contributed by atoms with van der Waals surface area (Å²) in [5.41, 5.74) is 0.910. The molecule has 22 heavy (non-hydrogen) atoms. The Hall–Kier alpha value is -2.37. The van der Waals surface area contributed by atoms with Crippen LogP contribution in [-0.4, -0.2) is 37.1 Å². The van der Waals surface area contributed by atoms with Crippen LogP contribution in [0.1, 0.15) is 25.6 Å². The van der Waals surface area contributed by atoms with Crippen molar-refractivity contribution in [1.29, 1.82) is 0 Å². The van der Waals surface area contributed by atoms with Crippen molar-refractivity contribution in [3.05, 3.63) is 36.8 Å². The van der Waals surface area contributed by atoms with E-state index < -0.39 is 0 Å². The summed E-state index contributed by atoms with van der Waals surface area (Å²) in [5, 5.41) is 1.11. The van der Waals surface area contributed by atoms with Gasteiger partial charge in [0.1, 0.15) is 23.6 Å². The first-order chi connectivity index (χ1) is 10.9. The Morgan fingerprint density at radius 1 is 1.32 bits per heavy atom. The second-order valence-corrected chi connectivity index (χ2v) is 5.78. The van der Waals surface area contributed by atoms with Crippen molar-refractivity contribution in [1.82, 2.24) is 24.5 Å². The zero-order valence-corrected chi connectivity index (χ0v) is 12.7. The van der Waals surface area contributed by atoms with Gasteiger partial charge in [0.2, 0.25) is 0 Å². The first-order valence-corrected chi connectivity index (χ1v) is 7.91. The van der Waals surface area contributed by atoms with Crippen LogP contribution >= 0.6 is 0 Å². The molecule has 4 rings (SSSR count). The zero-order chi connectivity index (χ0) is 14.9. The number of aryl methyl sites for hydroxylation is 1. The molecule has 0 aliphatic carbocycles. The minimum atomic E-state index is 0.465. The molecule has 0 radical (unpaired) electrons. The third kappa shape index (κ3) is 2.15. The molecule has 3 aromatic rings. The molecule has 4 heterocycles. The smallest absolute Gasteiger partial charge is 0.142 e.